The van der Waals surface area contributed by atoms with Gasteiger partial charge in [0.2, 0.25) is 0 Å². The Labute approximate surface area is 108 Å². The SMILES string of the molecule is COC1(C)CCCN(c2ncc(C=O)cc2C)C1. The van der Waals surface area contributed by atoms with Crippen molar-refractivity contribution in [3.8, 4) is 0 Å². The third kappa shape index (κ3) is 2.53. The van der Waals surface area contributed by atoms with Gasteiger partial charge in [0.05, 0.1) is 5.60 Å². The Morgan fingerprint density at radius 3 is 2.94 bits per heavy atom. The summed E-state index contributed by atoms with van der Waals surface area (Å²) in [6.07, 6.45) is 4.64. The third-order valence-corrected chi connectivity index (χ3v) is 3.66. The fraction of sp³-hybridized carbons (Fsp3) is 0.571. The molecule has 1 aliphatic rings. The van der Waals surface area contributed by atoms with E-state index in [1.165, 1.54) is 0 Å². The number of piperidine rings is 1. The molecule has 98 valence electrons. The molecule has 0 amide bonds. The first-order valence-electron chi connectivity index (χ1n) is 6.30. The molecular weight excluding hydrogens is 228 g/mol. The number of ether oxygens (including phenoxy) is 1. The van der Waals surface area contributed by atoms with Crippen LogP contribution in [0.1, 0.15) is 35.7 Å². The number of hydrogen-bond donors (Lipinski definition) is 0. The first-order chi connectivity index (χ1) is 8.58. The van der Waals surface area contributed by atoms with E-state index < -0.39 is 0 Å². The predicted octanol–water partition coefficient (Wildman–Crippen LogP) is 2.21. The van der Waals surface area contributed by atoms with Crippen LogP contribution >= 0.6 is 0 Å². The van der Waals surface area contributed by atoms with E-state index in [1.807, 2.05) is 13.0 Å². The zero-order chi connectivity index (χ0) is 13.2. The average molecular weight is 248 g/mol. The minimum atomic E-state index is -0.101. The summed E-state index contributed by atoms with van der Waals surface area (Å²) in [7, 11) is 1.76. The Morgan fingerprint density at radius 1 is 1.56 bits per heavy atom. The number of anilines is 1. The zero-order valence-corrected chi connectivity index (χ0v) is 11.3. The van der Waals surface area contributed by atoms with Crippen LogP contribution in [0, 0.1) is 6.92 Å². The number of nitrogens with zero attached hydrogens (tertiary/aromatic N) is 2. The number of carbonyl (C=O) groups is 1. The molecule has 1 unspecified atom stereocenters. The summed E-state index contributed by atoms with van der Waals surface area (Å²) in [4.78, 5) is 17.4. The fourth-order valence-electron chi connectivity index (χ4n) is 2.54. The summed E-state index contributed by atoms with van der Waals surface area (Å²) >= 11 is 0. The van der Waals surface area contributed by atoms with E-state index in [1.54, 1.807) is 13.3 Å². The van der Waals surface area contributed by atoms with Crippen molar-refractivity contribution < 1.29 is 9.53 Å². The molecule has 1 atom stereocenters. The summed E-state index contributed by atoms with van der Waals surface area (Å²) in [5.74, 6) is 0.962. The van der Waals surface area contributed by atoms with Gasteiger partial charge in [-0.05, 0) is 38.3 Å². The Morgan fingerprint density at radius 2 is 2.33 bits per heavy atom. The maximum atomic E-state index is 10.7. The average Bonchev–Trinajstić information content (AvgIpc) is 2.38. The van der Waals surface area contributed by atoms with Crippen LogP contribution in [0.3, 0.4) is 0 Å². The van der Waals surface area contributed by atoms with Gasteiger partial charge in [-0.15, -0.1) is 0 Å². The number of hydrogen-bond acceptors (Lipinski definition) is 4. The number of aldehydes is 1. The highest BCUT2D eigenvalue weighted by Crippen LogP contribution is 2.28. The van der Waals surface area contributed by atoms with Gasteiger partial charge >= 0.3 is 0 Å². The van der Waals surface area contributed by atoms with Gasteiger partial charge in [0.25, 0.3) is 0 Å². The van der Waals surface area contributed by atoms with Crippen molar-refractivity contribution in [2.45, 2.75) is 32.3 Å². The molecule has 1 fully saturated rings. The molecule has 0 aromatic carbocycles. The van der Waals surface area contributed by atoms with Gasteiger partial charge in [-0.25, -0.2) is 4.98 Å². The standard InChI is InChI=1S/C14H20N2O2/c1-11-7-12(9-17)8-15-13(11)16-6-4-5-14(2,10-16)18-3/h7-9H,4-6,10H2,1-3H3. The lowest BCUT2D eigenvalue weighted by atomic mass is 9.94. The van der Waals surface area contributed by atoms with Crippen LogP contribution in [0.25, 0.3) is 0 Å². The van der Waals surface area contributed by atoms with Crippen LogP contribution < -0.4 is 4.90 Å². The van der Waals surface area contributed by atoms with Gasteiger partial charge in [0.1, 0.15) is 5.82 Å². The second-order valence-corrected chi connectivity index (χ2v) is 5.21. The molecule has 0 N–H and O–H groups in total. The molecule has 0 radical (unpaired) electrons. The van der Waals surface area contributed by atoms with E-state index in [4.69, 9.17) is 4.74 Å². The quantitative estimate of drug-likeness (QED) is 0.769. The number of methoxy groups -OCH3 is 1. The van der Waals surface area contributed by atoms with Crippen molar-refractivity contribution in [3.05, 3.63) is 23.4 Å². The van der Waals surface area contributed by atoms with E-state index in [0.717, 1.165) is 43.6 Å². The molecule has 2 rings (SSSR count). The molecule has 1 saturated heterocycles. The maximum Gasteiger partial charge on any atom is 0.151 e. The molecule has 18 heavy (non-hydrogen) atoms. The van der Waals surface area contributed by atoms with Crippen LogP contribution in [-0.4, -0.2) is 37.1 Å². The second kappa shape index (κ2) is 5.06. The molecule has 1 aromatic rings. The van der Waals surface area contributed by atoms with Gasteiger partial charge < -0.3 is 9.64 Å². The highest BCUT2D eigenvalue weighted by molar-refractivity contribution is 5.75. The number of aromatic nitrogens is 1. The van der Waals surface area contributed by atoms with E-state index >= 15 is 0 Å². The molecule has 4 nitrogen and oxygen atoms in total. The fourth-order valence-corrected chi connectivity index (χ4v) is 2.54. The van der Waals surface area contributed by atoms with Crippen LogP contribution in [0.5, 0.6) is 0 Å². The molecule has 0 bridgehead atoms. The predicted molar refractivity (Wildman–Crippen MR) is 71.2 cm³/mol. The van der Waals surface area contributed by atoms with Crippen molar-refractivity contribution in [1.82, 2.24) is 4.98 Å². The van der Waals surface area contributed by atoms with Crippen molar-refractivity contribution in [3.63, 3.8) is 0 Å². The minimum absolute atomic E-state index is 0.101. The van der Waals surface area contributed by atoms with Gasteiger partial charge in [0.15, 0.2) is 6.29 Å². The van der Waals surface area contributed by atoms with Crippen molar-refractivity contribution in [2.24, 2.45) is 0 Å². The van der Waals surface area contributed by atoms with E-state index in [0.29, 0.717) is 5.56 Å². The van der Waals surface area contributed by atoms with Crippen molar-refractivity contribution >= 4 is 12.1 Å². The second-order valence-electron chi connectivity index (χ2n) is 5.21. The van der Waals surface area contributed by atoms with Gasteiger partial charge in [-0.2, -0.15) is 0 Å². The monoisotopic (exact) mass is 248 g/mol. The van der Waals surface area contributed by atoms with Gasteiger partial charge in [-0.3, -0.25) is 4.79 Å². The van der Waals surface area contributed by atoms with E-state index in [2.05, 4.69) is 16.8 Å². The van der Waals surface area contributed by atoms with E-state index in [9.17, 15) is 4.79 Å². The van der Waals surface area contributed by atoms with Crippen LogP contribution in [0.4, 0.5) is 5.82 Å². The van der Waals surface area contributed by atoms with E-state index in [-0.39, 0.29) is 5.60 Å². The third-order valence-electron chi connectivity index (χ3n) is 3.66. The number of pyridine rings is 1. The van der Waals surface area contributed by atoms with Crippen LogP contribution in [0.15, 0.2) is 12.3 Å². The lowest BCUT2D eigenvalue weighted by Gasteiger charge is -2.40. The number of aryl methyl sites for hydroxylation is 1. The summed E-state index contributed by atoms with van der Waals surface area (Å²) in [5, 5.41) is 0. The molecular formula is C14H20N2O2. The van der Waals surface area contributed by atoms with Crippen molar-refractivity contribution in [1.29, 1.82) is 0 Å². The maximum absolute atomic E-state index is 10.7. The largest absolute Gasteiger partial charge is 0.377 e. The smallest absolute Gasteiger partial charge is 0.151 e. The molecule has 1 aliphatic heterocycles. The van der Waals surface area contributed by atoms with Gasteiger partial charge in [-0.1, -0.05) is 0 Å². The van der Waals surface area contributed by atoms with Crippen LogP contribution in [-0.2, 0) is 4.74 Å². The molecule has 2 heterocycles. The van der Waals surface area contributed by atoms with Crippen LogP contribution in [0.2, 0.25) is 0 Å². The first kappa shape index (κ1) is 13.0. The minimum Gasteiger partial charge on any atom is -0.377 e. The Bertz CT molecular complexity index is 447. The summed E-state index contributed by atoms with van der Waals surface area (Å²) in [6.45, 7) is 5.97. The highest BCUT2D eigenvalue weighted by atomic mass is 16.5. The molecule has 0 saturated carbocycles. The number of rotatable bonds is 3. The summed E-state index contributed by atoms with van der Waals surface area (Å²) < 4.78 is 5.59. The zero-order valence-electron chi connectivity index (χ0n) is 11.3. The summed E-state index contributed by atoms with van der Waals surface area (Å²) in [5.41, 5.74) is 1.57. The molecule has 4 heteroatoms. The highest BCUT2D eigenvalue weighted by Gasteiger charge is 2.31. The summed E-state index contributed by atoms with van der Waals surface area (Å²) in [6, 6.07) is 1.88. The van der Waals surface area contributed by atoms with Crippen molar-refractivity contribution in [2.75, 3.05) is 25.1 Å². The lowest BCUT2D eigenvalue weighted by Crippen LogP contribution is -2.48. The Kier molecular flexibility index (Phi) is 3.66. The Balaban J connectivity index is 2.23. The topological polar surface area (TPSA) is 42.4 Å². The lowest BCUT2D eigenvalue weighted by molar-refractivity contribution is -0.00483. The normalized spacial score (nSPS) is 24.1. The Hall–Kier alpha value is -1.42. The first-order valence-corrected chi connectivity index (χ1v) is 6.30. The number of carbonyl (C=O) groups excluding carboxylic acids is 1. The molecule has 1 aromatic heterocycles. The molecule has 0 spiro atoms. The molecule has 0 aliphatic carbocycles. The van der Waals surface area contributed by atoms with Gasteiger partial charge in [0, 0.05) is 32.0 Å².